The van der Waals surface area contributed by atoms with Crippen molar-refractivity contribution in [1.82, 2.24) is 4.98 Å². The molecule has 96 valence electrons. The minimum absolute atomic E-state index is 0. The van der Waals surface area contributed by atoms with Crippen molar-refractivity contribution >= 4 is 29.1 Å². The predicted octanol–water partition coefficient (Wildman–Crippen LogP) is 2.85. The lowest BCUT2D eigenvalue weighted by Crippen LogP contribution is -2.08. The average molecular weight is 268 g/mol. The Balaban J connectivity index is 0.00000162. The van der Waals surface area contributed by atoms with E-state index in [1.54, 1.807) is 26.4 Å². The number of nitrogens with zero attached hydrogens (tertiary/aromatic N) is 1. The van der Waals surface area contributed by atoms with Gasteiger partial charge in [-0.05, 0) is 30.0 Å². The molecule has 0 saturated heterocycles. The number of hydrogen-bond acceptors (Lipinski definition) is 3. The molecule has 0 aliphatic carbocycles. The molecule has 1 N–H and O–H groups in total. The van der Waals surface area contributed by atoms with Crippen LogP contribution in [0.1, 0.15) is 18.4 Å². The van der Waals surface area contributed by atoms with E-state index in [-0.39, 0.29) is 12.4 Å². The molecule has 1 aromatic carbocycles. The van der Waals surface area contributed by atoms with Crippen LogP contribution in [0.3, 0.4) is 0 Å². The normalized spacial score (nSPS) is 11.7. The van der Waals surface area contributed by atoms with E-state index in [1.165, 1.54) is 0 Å². The van der Waals surface area contributed by atoms with Gasteiger partial charge in [-0.2, -0.15) is 0 Å². The fraction of sp³-hybridized carbons (Fsp3) is 0.231. The van der Waals surface area contributed by atoms with Crippen LogP contribution in [-0.4, -0.2) is 23.2 Å². The number of benzene rings is 1. The van der Waals surface area contributed by atoms with E-state index < -0.39 is 11.9 Å². The Kier molecular flexibility index (Phi) is 4.50. The van der Waals surface area contributed by atoms with Gasteiger partial charge in [0.1, 0.15) is 5.75 Å². The molecule has 1 heterocycles. The first kappa shape index (κ1) is 14.3. The summed E-state index contributed by atoms with van der Waals surface area (Å²) in [6, 6.07) is 5.53. The first-order valence-corrected chi connectivity index (χ1v) is 5.28. The number of carboxylic acids is 1. The van der Waals surface area contributed by atoms with Crippen molar-refractivity contribution in [3.05, 3.63) is 36.2 Å². The number of rotatable bonds is 3. The van der Waals surface area contributed by atoms with Crippen molar-refractivity contribution in [2.24, 2.45) is 0 Å². The van der Waals surface area contributed by atoms with Gasteiger partial charge < -0.3 is 9.84 Å². The summed E-state index contributed by atoms with van der Waals surface area (Å²) in [7, 11) is 1.60. The topological polar surface area (TPSA) is 59.4 Å². The largest absolute Gasteiger partial charge is 0.497 e. The third-order valence-corrected chi connectivity index (χ3v) is 2.83. The molecule has 0 saturated carbocycles. The second kappa shape index (κ2) is 5.69. The van der Waals surface area contributed by atoms with Crippen LogP contribution in [0.5, 0.6) is 5.75 Å². The lowest BCUT2D eigenvalue weighted by atomic mass is 9.97. The summed E-state index contributed by atoms with van der Waals surface area (Å²) >= 11 is 0. The third kappa shape index (κ3) is 2.54. The van der Waals surface area contributed by atoms with Crippen LogP contribution in [0.2, 0.25) is 0 Å². The van der Waals surface area contributed by atoms with E-state index in [1.807, 2.05) is 18.2 Å². The SMILES string of the molecule is COc1ccc2c(C(C)C(=O)O)cncc2c1.Cl. The molecule has 0 spiro atoms. The molecular weight excluding hydrogens is 254 g/mol. The lowest BCUT2D eigenvalue weighted by molar-refractivity contribution is -0.138. The van der Waals surface area contributed by atoms with Crippen molar-refractivity contribution < 1.29 is 14.6 Å². The van der Waals surface area contributed by atoms with Crippen molar-refractivity contribution in [2.45, 2.75) is 12.8 Å². The maximum absolute atomic E-state index is 11.0. The number of fused-ring (bicyclic) bond motifs is 1. The Morgan fingerprint density at radius 2 is 2.11 bits per heavy atom. The summed E-state index contributed by atoms with van der Waals surface area (Å²) < 4.78 is 5.13. The van der Waals surface area contributed by atoms with E-state index in [4.69, 9.17) is 9.84 Å². The van der Waals surface area contributed by atoms with Crippen LogP contribution in [0.25, 0.3) is 10.8 Å². The van der Waals surface area contributed by atoms with E-state index in [9.17, 15) is 4.79 Å². The minimum atomic E-state index is -0.852. The first-order valence-electron chi connectivity index (χ1n) is 5.28. The molecule has 0 bridgehead atoms. The summed E-state index contributed by atoms with van der Waals surface area (Å²) in [5.41, 5.74) is 0.720. The molecule has 4 nitrogen and oxygen atoms in total. The quantitative estimate of drug-likeness (QED) is 0.929. The second-order valence-corrected chi connectivity index (χ2v) is 3.88. The maximum Gasteiger partial charge on any atom is 0.310 e. The minimum Gasteiger partial charge on any atom is -0.497 e. The highest BCUT2D eigenvalue weighted by molar-refractivity contribution is 5.90. The average Bonchev–Trinajstić information content (AvgIpc) is 2.36. The third-order valence-electron chi connectivity index (χ3n) is 2.83. The maximum atomic E-state index is 11.0. The standard InChI is InChI=1S/C13H13NO3.ClH/c1-8(13(15)16)12-7-14-6-9-5-10(17-2)3-4-11(9)12;/h3-8H,1-2H3,(H,15,16);1H. The van der Waals surface area contributed by atoms with Gasteiger partial charge in [-0.15, -0.1) is 12.4 Å². The van der Waals surface area contributed by atoms with Crippen molar-refractivity contribution in [3.63, 3.8) is 0 Å². The first-order chi connectivity index (χ1) is 8.13. The number of aromatic nitrogens is 1. The highest BCUT2D eigenvalue weighted by atomic mass is 35.5. The van der Waals surface area contributed by atoms with Crippen molar-refractivity contribution in [3.8, 4) is 5.75 Å². The zero-order valence-electron chi connectivity index (χ0n) is 10.1. The van der Waals surface area contributed by atoms with Gasteiger partial charge in [-0.3, -0.25) is 9.78 Å². The fourth-order valence-electron chi connectivity index (χ4n) is 1.78. The molecule has 0 fully saturated rings. The fourth-order valence-corrected chi connectivity index (χ4v) is 1.78. The number of carboxylic acid groups (broad SMARTS) is 1. The Bertz CT molecular complexity index is 571. The molecule has 1 unspecified atom stereocenters. The highest BCUT2D eigenvalue weighted by Gasteiger charge is 2.16. The molecule has 0 radical (unpaired) electrons. The zero-order chi connectivity index (χ0) is 12.4. The van der Waals surface area contributed by atoms with Gasteiger partial charge in [0.2, 0.25) is 0 Å². The van der Waals surface area contributed by atoms with Crippen molar-refractivity contribution in [2.75, 3.05) is 7.11 Å². The Labute approximate surface area is 111 Å². The van der Waals surface area contributed by atoms with E-state index in [0.29, 0.717) is 0 Å². The Morgan fingerprint density at radius 3 is 2.72 bits per heavy atom. The molecule has 5 heteroatoms. The zero-order valence-corrected chi connectivity index (χ0v) is 10.9. The van der Waals surface area contributed by atoms with Crippen LogP contribution in [0.4, 0.5) is 0 Å². The summed E-state index contributed by atoms with van der Waals surface area (Å²) in [6.45, 7) is 1.66. The molecule has 1 aromatic heterocycles. The highest BCUT2D eigenvalue weighted by Crippen LogP contribution is 2.27. The molecule has 2 rings (SSSR count). The van der Waals surface area contributed by atoms with Gasteiger partial charge in [0.05, 0.1) is 13.0 Å². The molecule has 1 atom stereocenters. The van der Waals surface area contributed by atoms with E-state index in [0.717, 1.165) is 22.1 Å². The number of pyridine rings is 1. The summed E-state index contributed by atoms with van der Waals surface area (Å²) in [6.07, 6.45) is 3.31. The Morgan fingerprint density at radius 1 is 1.39 bits per heavy atom. The molecule has 2 aromatic rings. The van der Waals surface area contributed by atoms with Gasteiger partial charge in [-0.1, -0.05) is 6.07 Å². The number of hydrogen-bond donors (Lipinski definition) is 1. The van der Waals surface area contributed by atoms with Gasteiger partial charge in [0, 0.05) is 17.8 Å². The van der Waals surface area contributed by atoms with E-state index >= 15 is 0 Å². The van der Waals surface area contributed by atoms with Crippen molar-refractivity contribution in [1.29, 1.82) is 0 Å². The smallest absolute Gasteiger partial charge is 0.310 e. The summed E-state index contributed by atoms with van der Waals surface area (Å²) in [5.74, 6) is -0.686. The number of carbonyl (C=O) groups is 1. The lowest BCUT2D eigenvalue weighted by Gasteiger charge is -2.10. The second-order valence-electron chi connectivity index (χ2n) is 3.88. The summed E-state index contributed by atoms with van der Waals surface area (Å²) in [5, 5.41) is 10.8. The van der Waals surface area contributed by atoms with Crippen LogP contribution in [0.15, 0.2) is 30.6 Å². The monoisotopic (exact) mass is 267 g/mol. The van der Waals surface area contributed by atoms with E-state index in [2.05, 4.69) is 4.98 Å². The van der Waals surface area contributed by atoms with Gasteiger partial charge in [0.15, 0.2) is 0 Å². The summed E-state index contributed by atoms with van der Waals surface area (Å²) in [4.78, 5) is 15.1. The molecular formula is C13H14ClNO3. The number of ether oxygens (including phenoxy) is 1. The molecule has 18 heavy (non-hydrogen) atoms. The number of halogens is 1. The number of aliphatic carboxylic acids is 1. The predicted molar refractivity (Wildman–Crippen MR) is 71.6 cm³/mol. The van der Waals surface area contributed by atoms with Crippen LogP contribution < -0.4 is 4.74 Å². The van der Waals surface area contributed by atoms with Gasteiger partial charge >= 0.3 is 5.97 Å². The van der Waals surface area contributed by atoms with Crippen LogP contribution in [-0.2, 0) is 4.79 Å². The van der Waals surface area contributed by atoms with Crippen LogP contribution in [0, 0.1) is 0 Å². The van der Waals surface area contributed by atoms with Gasteiger partial charge in [0.25, 0.3) is 0 Å². The Hall–Kier alpha value is -1.81. The molecule has 0 aliphatic heterocycles. The molecule has 0 amide bonds. The molecule has 0 aliphatic rings. The number of methoxy groups -OCH3 is 1. The van der Waals surface area contributed by atoms with Crippen LogP contribution >= 0.6 is 12.4 Å². The van der Waals surface area contributed by atoms with Gasteiger partial charge in [-0.25, -0.2) is 0 Å².